The predicted octanol–water partition coefficient (Wildman–Crippen LogP) is 3.37. The number of ether oxygens (including phenoxy) is 3. The molecule has 1 N–H and O–H groups in total. The smallest absolute Gasteiger partial charge is 0.345 e. The summed E-state index contributed by atoms with van der Waals surface area (Å²) in [6.45, 7) is 0. The van der Waals surface area contributed by atoms with Gasteiger partial charge in [0.1, 0.15) is 4.88 Å². The summed E-state index contributed by atoms with van der Waals surface area (Å²) in [5.74, 6) is 0.0906. The van der Waals surface area contributed by atoms with Crippen molar-refractivity contribution >= 4 is 29.2 Å². The average molecular weight is 348 g/mol. The lowest BCUT2D eigenvalue weighted by molar-refractivity contribution is 0.0702. The molecule has 1 heterocycles. The third kappa shape index (κ3) is 3.75. The van der Waals surface area contributed by atoms with E-state index in [4.69, 9.17) is 19.3 Å². The highest BCUT2D eigenvalue weighted by Crippen LogP contribution is 2.38. The molecule has 0 saturated carbocycles. The van der Waals surface area contributed by atoms with Gasteiger partial charge in [-0.25, -0.2) is 4.79 Å². The van der Waals surface area contributed by atoms with Crippen LogP contribution in [0.1, 0.15) is 25.6 Å². The molecule has 0 saturated heterocycles. The zero-order chi connectivity index (χ0) is 17.7. The van der Waals surface area contributed by atoms with E-state index in [0.717, 1.165) is 11.3 Å². The zero-order valence-corrected chi connectivity index (χ0v) is 14.2. The van der Waals surface area contributed by atoms with Crippen LogP contribution in [0, 0.1) is 0 Å². The van der Waals surface area contributed by atoms with Gasteiger partial charge in [-0.3, -0.25) is 4.79 Å². The first-order valence-electron chi connectivity index (χ1n) is 6.84. The lowest BCUT2D eigenvalue weighted by atomic mass is 10.1. The van der Waals surface area contributed by atoms with E-state index in [1.54, 1.807) is 18.2 Å². The number of carbonyl (C=O) groups excluding carboxylic acids is 1. The first-order valence-corrected chi connectivity index (χ1v) is 7.72. The number of allylic oxidation sites excluding steroid dienone is 1. The Hall–Kier alpha value is -2.80. The van der Waals surface area contributed by atoms with Crippen LogP contribution in [0.15, 0.2) is 29.7 Å². The maximum Gasteiger partial charge on any atom is 0.345 e. The lowest BCUT2D eigenvalue weighted by Gasteiger charge is -2.12. The molecular formula is C17H16O6S. The molecule has 0 radical (unpaired) electrons. The molecule has 0 spiro atoms. The molecular weight excluding hydrogens is 332 g/mol. The van der Waals surface area contributed by atoms with Gasteiger partial charge in [-0.1, -0.05) is 6.08 Å². The Morgan fingerprint density at radius 1 is 1.04 bits per heavy atom. The third-order valence-electron chi connectivity index (χ3n) is 3.21. The molecule has 1 aromatic carbocycles. The van der Waals surface area contributed by atoms with E-state index in [9.17, 15) is 9.59 Å². The highest BCUT2D eigenvalue weighted by molar-refractivity contribution is 7.12. The van der Waals surface area contributed by atoms with Gasteiger partial charge in [-0.05, 0) is 29.8 Å². The minimum Gasteiger partial charge on any atom is -0.493 e. The SMILES string of the molecule is COc1cc(/C=C/C(=O)c2csc(C(=O)O)c2)cc(OC)c1OC. The summed E-state index contributed by atoms with van der Waals surface area (Å²) >= 11 is 1.01. The zero-order valence-electron chi connectivity index (χ0n) is 13.4. The van der Waals surface area contributed by atoms with Crippen molar-refractivity contribution in [3.8, 4) is 17.2 Å². The number of thiophene rings is 1. The van der Waals surface area contributed by atoms with E-state index in [1.807, 2.05) is 0 Å². The van der Waals surface area contributed by atoms with Crippen molar-refractivity contribution in [3.05, 3.63) is 45.7 Å². The Kier molecular flexibility index (Phi) is 5.59. The number of aromatic carboxylic acids is 1. The summed E-state index contributed by atoms with van der Waals surface area (Å²) in [4.78, 5) is 23.1. The molecule has 0 atom stereocenters. The largest absolute Gasteiger partial charge is 0.493 e. The number of carboxylic acids is 1. The fourth-order valence-corrected chi connectivity index (χ4v) is 2.78. The second-order valence-corrected chi connectivity index (χ2v) is 5.57. The van der Waals surface area contributed by atoms with Gasteiger partial charge in [0.05, 0.1) is 21.3 Å². The number of carbonyl (C=O) groups is 2. The second-order valence-electron chi connectivity index (χ2n) is 4.66. The summed E-state index contributed by atoms with van der Waals surface area (Å²) in [6, 6.07) is 4.78. The molecule has 0 unspecified atom stereocenters. The van der Waals surface area contributed by atoms with E-state index in [2.05, 4.69) is 0 Å². The van der Waals surface area contributed by atoms with Gasteiger partial charge in [-0.2, -0.15) is 0 Å². The van der Waals surface area contributed by atoms with Crippen LogP contribution in [0.2, 0.25) is 0 Å². The van der Waals surface area contributed by atoms with Crippen molar-refractivity contribution in [2.75, 3.05) is 21.3 Å². The topological polar surface area (TPSA) is 82.1 Å². The van der Waals surface area contributed by atoms with Crippen LogP contribution in [0.5, 0.6) is 17.2 Å². The van der Waals surface area contributed by atoms with Crippen LogP contribution in [0.25, 0.3) is 6.08 Å². The van der Waals surface area contributed by atoms with Crippen LogP contribution in [0.3, 0.4) is 0 Å². The average Bonchev–Trinajstić information content (AvgIpc) is 3.09. The highest BCUT2D eigenvalue weighted by Gasteiger charge is 2.13. The van der Waals surface area contributed by atoms with Gasteiger partial charge >= 0.3 is 5.97 Å². The fourth-order valence-electron chi connectivity index (χ4n) is 2.04. The molecule has 0 fully saturated rings. The summed E-state index contributed by atoms with van der Waals surface area (Å²) < 4.78 is 15.7. The van der Waals surface area contributed by atoms with Gasteiger partial charge < -0.3 is 19.3 Å². The quantitative estimate of drug-likeness (QED) is 0.610. The summed E-state index contributed by atoms with van der Waals surface area (Å²) in [7, 11) is 4.53. The second kappa shape index (κ2) is 7.65. The molecule has 2 aromatic rings. The minimum atomic E-state index is -1.05. The van der Waals surface area contributed by atoms with Crippen molar-refractivity contribution in [2.24, 2.45) is 0 Å². The van der Waals surface area contributed by atoms with Crippen LogP contribution >= 0.6 is 11.3 Å². The molecule has 0 aliphatic rings. The molecule has 126 valence electrons. The van der Waals surface area contributed by atoms with E-state index >= 15 is 0 Å². The van der Waals surface area contributed by atoms with Crippen molar-refractivity contribution in [3.63, 3.8) is 0 Å². The molecule has 0 amide bonds. The summed E-state index contributed by atoms with van der Waals surface area (Å²) in [6.07, 6.45) is 2.97. The van der Waals surface area contributed by atoms with Gasteiger partial charge in [0.25, 0.3) is 0 Å². The van der Waals surface area contributed by atoms with Gasteiger partial charge in [0, 0.05) is 10.9 Å². The standard InChI is InChI=1S/C17H16O6S/c1-21-13-6-10(7-14(22-2)16(13)23-3)4-5-12(18)11-8-15(17(19)20)24-9-11/h4-9H,1-3H3,(H,19,20)/b5-4+. The van der Waals surface area contributed by atoms with Crippen molar-refractivity contribution in [1.82, 2.24) is 0 Å². The number of ketones is 1. The highest BCUT2D eigenvalue weighted by atomic mass is 32.1. The third-order valence-corrected chi connectivity index (χ3v) is 4.13. The molecule has 0 aliphatic heterocycles. The lowest BCUT2D eigenvalue weighted by Crippen LogP contribution is -1.96. The van der Waals surface area contributed by atoms with E-state index < -0.39 is 5.97 Å². The Morgan fingerprint density at radius 2 is 1.67 bits per heavy atom. The number of benzene rings is 1. The first-order chi connectivity index (χ1) is 11.5. The van der Waals surface area contributed by atoms with Crippen LogP contribution < -0.4 is 14.2 Å². The van der Waals surface area contributed by atoms with Crippen LogP contribution in [0.4, 0.5) is 0 Å². The molecule has 0 aliphatic carbocycles. The van der Waals surface area contributed by atoms with Gasteiger partial charge in [-0.15, -0.1) is 11.3 Å². The van der Waals surface area contributed by atoms with Crippen molar-refractivity contribution in [2.45, 2.75) is 0 Å². The fraction of sp³-hybridized carbons (Fsp3) is 0.176. The maximum absolute atomic E-state index is 12.1. The number of rotatable bonds is 7. The normalized spacial score (nSPS) is 10.6. The molecule has 7 heteroatoms. The first kappa shape index (κ1) is 17.6. The molecule has 0 bridgehead atoms. The molecule has 24 heavy (non-hydrogen) atoms. The van der Waals surface area contributed by atoms with Crippen LogP contribution in [-0.4, -0.2) is 38.2 Å². The Bertz CT molecular complexity index is 765. The summed E-state index contributed by atoms with van der Waals surface area (Å²) in [5, 5.41) is 10.4. The Balaban J connectivity index is 2.27. The Morgan fingerprint density at radius 3 is 2.12 bits per heavy atom. The predicted molar refractivity (Wildman–Crippen MR) is 90.7 cm³/mol. The number of methoxy groups -OCH3 is 3. The molecule has 6 nitrogen and oxygen atoms in total. The van der Waals surface area contributed by atoms with Crippen molar-refractivity contribution < 1.29 is 28.9 Å². The van der Waals surface area contributed by atoms with E-state index in [0.29, 0.717) is 28.4 Å². The minimum absolute atomic E-state index is 0.125. The number of hydrogen-bond acceptors (Lipinski definition) is 6. The van der Waals surface area contributed by atoms with Gasteiger partial charge in [0.2, 0.25) is 5.75 Å². The monoisotopic (exact) mass is 348 g/mol. The molecule has 1 aromatic heterocycles. The van der Waals surface area contributed by atoms with Crippen molar-refractivity contribution in [1.29, 1.82) is 0 Å². The Labute approximate surface area is 142 Å². The van der Waals surface area contributed by atoms with E-state index in [1.165, 1.54) is 38.9 Å². The van der Waals surface area contributed by atoms with E-state index in [-0.39, 0.29) is 10.7 Å². The number of carboxylic acid groups (broad SMARTS) is 1. The van der Waals surface area contributed by atoms with Crippen LogP contribution in [-0.2, 0) is 0 Å². The van der Waals surface area contributed by atoms with Gasteiger partial charge in [0.15, 0.2) is 17.3 Å². The maximum atomic E-state index is 12.1. The summed E-state index contributed by atoms with van der Waals surface area (Å²) in [5.41, 5.74) is 1.02. The number of hydrogen-bond donors (Lipinski definition) is 1. The molecule has 2 rings (SSSR count).